The fourth-order valence-corrected chi connectivity index (χ4v) is 6.03. The Morgan fingerprint density at radius 1 is 1.05 bits per heavy atom. The SMILES string of the molecule is CCCS(=O)(=O)N(COCC[Si](C)(C)C)c1nc2ccccc2nc1OC(c1ccc(-c2noc(C)n2)nc1)C(F)(F)F. The quantitative estimate of drug-likeness (QED) is 0.0986. The Kier molecular flexibility index (Phi) is 9.71. The summed E-state index contributed by atoms with van der Waals surface area (Å²) in [6.45, 7) is 9.49. The number of rotatable bonds is 13. The lowest BCUT2D eigenvalue weighted by atomic mass is 10.1. The lowest BCUT2D eigenvalue weighted by Gasteiger charge is -2.27. The molecule has 0 saturated carbocycles. The molecule has 0 aliphatic rings. The average molecular weight is 639 g/mol. The first-order valence-electron chi connectivity index (χ1n) is 13.5. The van der Waals surface area contributed by atoms with E-state index in [4.69, 9.17) is 14.0 Å². The van der Waals surface area contributed by atoms with Crippen LogP contribution in [0.15, 0.2) is 47.1 Å². The van der Waals surface area contributed by atoms with E-state index in [9.17, 15) is 21.6 Å². The van der Waals surface area contributed by atoms with Gasteiger partial charge in [0.05, 0.1) is 16.8 Å². The number of pyridine rings is 1. The first kappa shape index (κ1) is 32.3. The highest BCUT2D eigenvalue weighted by Crippen LogP contribution is 2.40. The van der Waals surface area contributed by atoms with Crippen LogP contribution in [0.3, 0.4) is 0 Å². The number of hydrogen-bond acceptors (Lipinski definition) is 10. The van der Waals surface area contributed by atoms with Gasteiger partial charge in [-0.05, 0) is 30.7 Å². The Hall–Kier alpha value is -3.63. The van der Waals surface area contributed by atoms with Gasteiger partial charge in [-0.2, -0.15) is 18.2 Å². The number of nitrogens with zero attached hydrogens (tertiary/aromatic N) is 6. The van der Waals surface area contributed by atoms with Crippen molar-refractivity contribution in [2.45, 2.75) is 58.2 Å². The molecule has 1 atom stereocenters. The number of anilines is 1. The summed E-state index contributed by atoms with van der Waals surface area (Å²) < 4.78 is 87.3. The highest BCUT2D eigenvalue weighted by molar-refractivity contribution is 7.92. The number of hydrogen-bond donors (Lipinski definition) is 0. The molecule has 0 radical (unpaired) electrons. The van der Waals surface area contributed by atoms with Gasteiger partial charge >= 0.3 is 6.18 Å². The van der Waals surface area contributed by atoms with Gasteiger partial charge in [0, 0.05) is 33.4 Å². The summed E-state index contributed by atoms with van der Waals surface area (Å²) in [5.41, 5.74) is 0.330. The van der Waals surface area contributed by atoms with Gasteiger partial charge in [0.2, 0.25) is 33.7 Å². The number of ether oxygens (including phenoxy) is 2. The maximum Gasteiger partial charge on any atom is 0.429 e. The molecule has 0 N–H and O–H groups in total. The average Bonchev–Trinajstić information content (AvgIpc) is 3.36. The lowest BCUT2D eigenvalue weighted by Crippen LogP contribution is -2.37. The van der Waals surface area contributed by atoms with Gasteiger partial charge in [-0.3, -0.25) is 4.98 Å². The number of fused-ring (bicyclic) bond motifs is 1. The Bertz CT molecular complexity index is 1650. The van der Waals surface area contributed by atoms with Gasteiger partial charge in [0.1, 0.15) is 12.4 Å². The fourth-order valence-electron chi connectivity index (χ4n) is 3.91. The molecule has 16 heteroatoms. The van der Waals surface area contributed by atoms with Crippen molar-refractivity contribution in [2.75, 3.05) is 23.4 Å². The Labute approximate surface area is 248 Å². The summed E-state index contributed by atoms with van der Waals surface area (Å²) in [6, 6.07) is 9.65. The standard InChI is InChI=1S/C27H33F3N6O5SSi/c1-6-14-42(37,38)36(17-39-13-15-43(3,4)5)25-26(34-21-10-8-7-9-20(21)33-25)40-23(27(28,29)30)19-11-12-22(31-16-19)24-32-18(2)41-35-24/h7-12,16,23H,6,13-15,17H2,1-5H3. The highest BCUT2D eigenvalue weighted by Gasteiger charge is 2.45. The normalized spacial score (nSPS) is 13.3. The van der Waals surface area contributed by atoms with Crippen LogP contribution in [0.25, 0.3) is 22.6 Å². The Balaban J connectivity index is 1.77. The molecule has 0 aliphatic carbocycles. The second kappa shape index (κ2) is 12.9. The minimum atomic E-state index is -4.93. The number of benzene rings is 1. The number of halogens is 3. The molecule has 1 aromatic carbocycles. The van der Waals surface area contributed by atoms with Crippen LogP contribution in [-0.4, -0.2) is 66.9 Å². The van der Waals surface area contributed by atoms with Crippen LogP contribution in [0, 0.1) is 6.92 Å². The van der Waals surface area contributed by atoms with E-state index in [1.165, 1.54) is 12.1 Å². The fraction of sp³-hybridized carbons (Fsp3) is 0.444. The number of para-hydroxylation sites is 2. The molecule has 0 aliphatic heterocycles. The Morgan fingerprint density at radius 3 is 2.30 bits per heavy atom. The van der Waals surface area contributed by atoms with Gasteiger partial charge in [-0.25, -0.2) is 22.7 Å². The monoisotopic (exact) mass is 638 g/mol. The van der Waals surface area contributed by atoms with E-state index in [0.717, 1.165) is 16.5 Å². The molecular formula is C27H33F3N6O5SSi. The molecule has 3 heterocycles. The van der Waals surface area contributed by atoms with Crippen molar-refractivity contribution in [2.24, 2.45) is 0 Å². The van der Waals surface area contributed by atoms with Crippen LogP contribution in [0.4, 0.5) is 19.0 Å². The molecule has 0 fully saturated rings. The van der Waals surface area contributed by atoms with Crippen LogP contribution >= 0.6 is 0 Å². The number of aryl methyl sites for hydroxylation is 1. The maximum atomic E-state index is 14.5. The first-order valence-corrected chi connectivity index (χ1v) is 18.8. The highest BCUT2D eigenvalue weighted by atomic mass is 32.2. The van der Waals surface area contributed by atoms with E-state index in [1.807, 2.05) is 0 Å². The minimum absolute atomic E-state index is 0.113. The second-order valence-corrected chi connectivity index (χ2v) is 18.6. The van der Waals surface area contributed by atoms with Gasteiger partial charge in [0.15, 0.2) is 0 Å². The maximum absolute atomic E-state index is 14.5. The molecule has 43 heavy (non-hydrogen) atoms. The summed E-state index contributed by atoms with van der Waals surface area (Å²) in [7, 11) is -5.59. The van der Waals surface area contributed by atoms with Gasteiger partial charge in [0.25, 0.3) is 5.88 Å². The van der Waals surface area contributed by atoms with E-state index in [1.54, 1.807) is 38.1 Å². The van der Waals surface area contributed by atoms with Gasteiger partial charge in [-0.15, -0.1) is 0 Å². The lowest BCUT2D eigenvalue weighted by molar-refractivity contribution is -0.198. The molecule has 1 unspecified atom stereocenters. The van der Waals surface area contributed by atoms with Gasteiger partial charge < -0.3 is 14.0 Å². The van der Waals surface area contributed by atoms with E-state index in [0.29, 0.717) is 0 Å². The van der Waals surface area contributed by atoms with Gasteiger partial charge in [-0.1, -0.05) is 49.9 Å². The summed E-state index contributed by atoms with van der Waals surface area (Å²) in [6.07, 6.45) is -6.25. The summed E-state index contributed by atoms with van der Waals surface area (Å²) in [5, 5.41) is 3.73. The number of alkyl halides is 3. The molecule has 3 aromatic heterocycles. The van der Waals surface area contributed by atoms with Crippen LogP contribution in [-0.2, 0) is 14.8 Å². The predicted molar refractivity (Wildman–Crippen MR) is 157 cm³/mol. The van der Waals surface area contributed by atoms with Crippen LogP contribution < -0.4 is 9.04 Å². The summed E-state index contributed by atoms with van der Waals surface area (Å²) in [5.74, 6) is -0.926. The topological polar surface area (TPSA) is 133 Å². The van der Waals surface area contributed by atoms with Crippen molar-refractivity contribution in [1.82, 2.24) is 25.1 Å². The van der Waals surface area contributed by atoms with Crippen molar-refractivity contribution in [3.8, 4) is 17.4 Å². The number of sulfonamides is 1. The van der Waals surface area contributed by atoms with Crippen LogP contribution in [0.1, 0.15) is 30.9 Å². The minimum Gasteiger partial charge on any atom is -0.457 e. The van der Waals surface area contributed by atoms with E-state index < -0.39 is 48.8 Å². The number of aromatic nitrogens is 5. The van der Waals surface area contributed by atoms with E-state index in [2.05, 4.69) is 44.7 Å². The van der Waals surface area contributed by atoms with Crippen molar-refractivity contribution in [3.63, 3.8) is 0 Å². The molecule has 0 saturated heterocycles. The zero-order valence-corrected chi connectivity index (χ0v) is 26.2. The zero-order valence-electron chi connectivity index (χ0n) is 24.4. The second-order valence-electron chi connectivity index (χ2n) is 11.0. The third-order valence-corrected chi connectivity index (χ3v) is 9.71. The van der Waals surface area contributed by atoms with Crippen LogP contribution in [0.2, 0.25) is 25.7 Å². The molecule has 11 nitrogen and oxygen atoms in total. The molecule has 4 rings (SSSR count). The largest absolute Gasteiger partial charge is 0.457 e. The third-order valence-electron chi connectivity index (χ3n) is 6.13. The van der Waals surface area contributed by atoms with Crippen molar-refractivity contribution in [3.05, 3.63) is 54.0 Å². The molecule has 232 valence electrons. The predicted octanol–water partition coefficient (Wildman–Crippen LogP) is 5.92. The Morgan fingerprint density at radius 2 is 1.74 bits per heavy atom. The van der Waals surface area contributed by atoms with Crippen LogP contribution in [0.5, 0.6) is 5.88 Å². The molecule has 0 spiro atoms. The van der Waals surface area contributed by atoms with Crippen molar-refractivity contribution < 1.29 is 35.6 Å². The van der Waals surface area contributed by atoms with E-state index in [-0.39, 0.29) is 52.8 Å². The third kappa shape index (κ3) is 8.26. The zero-order chi connectivity index (χ0) is 31.4. The van der Waals surface area contributed by atoms with E-state index >= 15 is 0 Å². The summed E-state index contributed by atoms with van der Waals surface area (Å²) in [4.78, 5) is 16.8. The molecular weight excluding hydrogens is 605 g/mol. The molecule has 0 amide bonds. The van der Waals surface area contributed by atoms with Crippen molar-refractivity contribution in [1.29, 1.82) is 0 Å². The molecule has 4 aromatic rings. The first-order chi connectivity index (χ1) is 20.2. The molecule has 0 bridgehead atoms. The summed E-state index contributed by atoms with van der Waals surface area (Å²) >= 11 is 0. The smallest absolute Gasteiger partial charge is 0.429 e. The van der Waals surface area contributed by atoms with Crippen molar-refractivity contribution >= 4 is 34.9 Å².